The molecule has 1 amide bonds. The maximum Gasteiger partial charge on any atom is 0.234 e. The highest BCUT2D eigenvalue weighted by atomic mass is 35.5. The molecule has 0 spiro atoms. The Morgan fingerprint density at radius 1 is 1.30 bits per heavy atom. The Bertz CT molecular complexity index is 552. The van der Waals surface area contributed by atoms with E-state index in [0.717, 1.165) is 45.6 Å². The standard InChI is InChI=1S/C19H31N5O.2ClH/c1-15(2)23-9-5-17(6-10-23)22-19(25)14-24-11-8-21-13-18(24)16-4-3-7-20-12-16;;/h3-4,7,12,15,17-18,21H,5-6,8-11,13-14H2,1-2H3,(H,22,25);2*1H. The maximum absolute atomic E-state index is 12.6. The normalized spacial score (nSPS) is 22.0. The van der Waals surface area contributed by atoms with Gasteiger partial charge in [0.25, 0.3) is 0 Å². The van der Waals surface area contributed by atoms with E-state index >= 15 is 0 Å². The number of likely N-dealkylation sites (tertiary alicyclic amines) is 1. The zero-order valence-corrected chi connectivity index (χ0v) is 17.9. The second-order valence-electron chi connectivity index (χ2n) is 7.45. The van der Waals surface area contributed by atoms with Gasteiger partial charge in [0.1, 0.15) is 0 Å². The number of aromatic nitrogens is 1. The van der Waals surface area contributed by atoms with Crippen LogP contribution in [0, 0.1) is 0 Å². The molecule has 1 atom stereocenters. The summed E-state index contributed by atoms with van der Waals surface area (Å²) in [6.45, 7) is 9.78. The SMILES string of the molecule is CC(C)N1CCC(NC(=O)CN2CCNCC2c2cccnc2)CC1.Cl.Cl. The molecule has 6 nitrogen and oxygen atoms in total. The molecule has 1 aromatic rings. The number of nitrogens with one attached hydrogen (secondary N) is 2. The number of hydrogen-bond acceptors (Lipinski definition) is 5. The topological polar surface area (TPSA) is 60.5 Å². The maximum atomic E-state index is 12.6. The molecule has 0 radical (unpaired) electrons. The molecule has 0 saturated carbocycles. The number of nitrogens with zero attached hydrogens (tertiary/aromatic N) is 3. The predicted octanol–water partition coefficient (Wildman–Crippen LogP) is 1.86. The average molecular weight is 418 g/mol. The van der Waals surface area contributed by atoms with Crippen molar-refractivity contribution >= 4 is 30.7 Å². The van der Waals surface area contributed by atoms with Crippen LogP contribution in [0.15, 0.2) is 24.5 Å². The van der Waals surface area contributed by atoms with Crippen LogP contribution >= 0.6 is 24.8 Å². The molecule has 154 valence electrons. The highest BCUT2D eigenvalue weighted by Crippen LogP contribution is 2.21. The Balaban J connectivity index is 0.00000182. The van der Waals surface area contributed by atoms with Gasteiger partial charge >= 0.3 is 0 Å². The summed E-state index contributed by atoms with van der Waals surface area (Å²) < 4.78 is 0. The second-order valence-corrected chi connectivity index (χ2v) is 7.45. The Morgan fingerprint density at radius 2 is 2.04 bits per heavy atom. The van der Waals surface area contributed by atoms with Crippen molar-refractivity contribution in [1.82, 2.24) is 25.4 Å². The quantitative estimate of drug-likeness (QED) is 0.765. The molecule has 2 saturated heterocycles. The van der Waals surface area contributed by atoms with Crippen LogP contribution in [0.25, 0.3) is 0 Å². The van der Waals surface area contributed by atoms with E-state index in [-0.39, 0.29) is 36.8 Å². The van der Waals surface area contributed by atoms with Crippen molar-refractivity contribution in [3.8, 4) is 0 Å². The molecule has 1 unspecified atom stereocenters. The van der Waals surface area contributed by atoms with Crippen LogP contribution in [-0.2, 0) is 4.79 Å². The minimum absolute atomic E-state index is 0. The molecule has 3 heterocycles. The third kappa shape index (κ3) is 6.88. The molecule has 27 heavy (non-hydrogen) atoms. The summed E-state index contributed by atoms with van der Waals surface area (Å²) in [5, 5.41) is 6.68. The van der Waals surface area contributed by atoms with Crippen molar-refractivity contribution in [2.24, 2.45) is 0 Å². The van der Waals surface area contributed by atoms with E-state index in [1.807, 2.05) is 12.3 Å². The molecule has 2 N–H and O–H groups in total. The van der Waals surface area contributed by atoms with Gasteiger partial charge in [-0.25, -0.2) is 0 Å². The van der Waals surface area contributed by atoms with Gasteiger partial charge in [0.05, 0.1) is 6.54 Å². The van der Waals surface area contributed by atoms with E-state index in [2.05, 4.69) is 45.3 Å². The molecular weight excluding hydrogens is 385 g/mol. The minimum Gasteiger partial charge on any atom is -0.352 e. The number of amides is 1. The lowest BCUT2D eigenvalue weighted by molar-refractivity contribution is -0.124. The zero-order valence-electron chi connectivity index (χ0n) is 16.3. The van der Waals surface area contributed by atoms with Crippen molar-refractivity contribution in [1.29, 1.82) is 0 Å². The molecule has 0 aromatic carbocycles. The van der Waals surface area contributed by atoms with Gasteiger partial charge in [-0.15, -0.1) is 24.8 Å². The number of carbonyl (C=O) groups is 1. The Morgan fingerprint density at radius 3 is 2.67 bits per heavy atom. The van der Waals surface area contributed by atoms with Crippen molar-refractivity contribution in [2.45, 2.75) is 44.8 Å². The second kappa shape index (κ2) is 11.8. The lowest BCUT2D eigenvalue weighted by Crippen LogP contribution is -2.52. The fraction of sp³-hybridized carbons (Fsp3) is 0.684. The van der Waals surface area contributed by atoms with Gasteiger partial charge in [0, 0.05) is 63.2 Å². The van der Waals surface area contributed by atoms with Crippen molar-refractivity contribution in [3.63, 3.8) is 0 Å². The summed E-state index contributed by atoms with van der Waals surface area (Å²) in [6.07, 6.45) is 5.81. The summed E-state index contributed by atoms with van der Waals surface area (Å²) in [7, 11) is 0. The van der Waals surface area contributed by atoms with E-state index in [9.17, 15) is 4.79 Å². The van der Waals surface area contributed by atoms with Crippen LogP contribution in [-0.4, -0.2) is 72.0 Å². The lowest BCUT2D eigenvalue weighted by Gasteiger charge is -2.37. The molecule has 1 aromatic heterocycles. The molecule has 2 aliphatic rings. The highest BCUT2D eigenvalue weighted by molar-refractivity contribution is 5.85. The van der Waals surface area contributed by atoms with E-state index in [4.69, 9.17) is 0 Å². The molecule has 8 heteroatoms. The molecular formula is C19H33Cl2N5O. The van der Waals surface area contributed by atoms with E-state index < -0.39 is 0 Å². The zero-order chi connectivity index (χ0) is 17.6. The summed E-state index contributed by atoms with van der Waals surface area (Å²) in [6, 6.07) is 5.19. The minimum atomic E-state index is 0. The molecule has 0 aliphatic carbocycles. The number of hydrogen-bond donors (Lipinski definition) is 2. The Kier molecular flexibility index (Phi) is 10.6. The largest absolute Gasteiger partial charge is 0.352 e. The summed E-state index contributed by atoms with van der Waals surface area (Å²) in [5.41, 5.74) is 1.17. The smallest absolute Gasteiger partial charge is 0.234 e. The molecule has 2 aliphatic heterocycles. The molecule has 2 fully saturated rings. The van der Waals surface area contributed by atoms with Crippen LogP contribution < -0.4 is 10.6 Å². The van der Waals surface area contributed by atoms with E-state index in [0.29, 0.717) is 18.6 Å². The van der Waals surface area contributed by atoms with Crippen LogP contribution in [0.1, 0.15) is 38.3 Å². The lowest BCUT2D eigenvalue weighted by atomic mass is 10.0. The van der Waals surface area contributed by atoms with Gasteiger partial charge in [0.15, 0.2) is 0 Å². The number of piperazine rings is 1. The fourth-order valence-electron chi connectivity index (χ4n) is 3.86. The third-order valence-electron chi connectivity index (χ3n) is 5.40. The van der Waals surface area contributed by atoms with Gasteiger partial charge in [0.2, 0.25) is 5.91 Å². The van der Waals surface area contributed by atoms with Gasteiger partial charge in [-0.05, 0) is 38.3 Å². The summed E-state index contributed by atoms with van der Waals surface area (Å²) >= 11 is 0. The predicted molar refractivity (Wildman–Crippen MR) is 114 cm³/mol. The van der Waals surface area contributed by atoms with Crippen LogP contribution in [0.5, 0.6) is 0 Å². The van der Waals surface area contributed by atoms with Crippen LogP contribution in [0.4, 0.5) is 0 Å². The molecule has 3 rings (SSSR count). The average Bonchev–Trinajstić information content (AvgIpc) is 2.63. The summed E-state index contributed by atoms with van der Waals surface area (Å²) in [4.78, 5) is 21.6. The van der Waals surface area contributed by atoms with Crippen LogP contribution in [0.3, 0.4) is 0 Å². The monoisotopic (exact) mass is 417 g/mol. The third-order valence-corrected chi connectivity index (χ3v) is 5.40. The first kappa shape index (κ1) is 24.1. The Hall–Kier alpha value is -0.920. The number of piperidine rings is 1. The first-order chi connectivity index (χ1) is 12.1. The van der Waals surface area contributed by atoms with Crippen LogP contribution in [0.2, 0.25) is 0 Å². The van der Waals surface area contributed by atoms with Gasteiger partial charge in [-0.3, -0.25) is 14.7 Å². The molecule has 0 bridgehead atoms. The fourth-order valence-corrected chi connectivity index (χ4v) is 3.86. The van der Waals surface area contributed by atoms with Crippen molar-refractivity contribution in [2.75, 3.05) is 39.3 Å². The first-order valence-corrected chi connectivity index (χ1v) is 9.51. The van der Waals surface area contributed by atoms with Crippen molar-refractivity contribution in [3.05, 3.63) is 30.1 Å². The summed E-state index contributed by atoms with van der Waals surface area (Å²) in [5.74, 6) is 0.152. The Labute approximate surface area is 175 Å². The number of carbonyl (C=O) groups excluding carboxylic acids is 1. The number of pyridine rings is 1. The number of halogens is 2. The van der Waals surface area contributed by atoms with Gasteiger partial charge in [-0.1, -0.05) is 6.07 Å². The van der Waals surface area contributed by atoms with Crippen molar-refractivity contribution < 1.29 is 4.79 Å². The van der Waals surface area contributed by atoms with E-state index in [1.54, 1.807) is 6.20 Å². The van der Waals surface area contributed by atoms with Gasteiger partial charge < -0.3 is 15.5 Å². The number of rotatable bonds is 5. The highest BCUT2D eigenvalue weighted by Gasteiger charge is 2.27. The first-order valence-electron chi connectivity index (χ1n) is 9.51. The van der Waals surface area contributed by atoms with E-state index in [1.165, 1.54) is 5.56 Å². The van der Waals surface area contributed by atoms with Gasteiger partial charge in [-0.2, -0.15) is 0 Å².